The fourth-order valence-corrected chi connectivity index (χ4v) is 4.86. The van der Waals surface area contributed by atoms with E-state index in [4.69, 9.17) is 4.55 Å². The summed E-state index contributed by atoms with van der Waals surface area (Å²) in [5.41, 5.74) is -2.55. The van der Waals surface area contributed by atoms with Crippen LogP contribution in [0.3, 0.4) is 0 Å². The van der Waals surface area contributed by atoms with E-state index in [1.54, 1.807) is 6.07 Å². The molecule has 22 heavy (non-hydrogen) atoms. The van der Waals surface area contributed by atoms with Crippen molar-refractivity contribution >= 4 is 20.2 Å². The largest absolute Gasteiger partial charge is 0.507 e. The number of aliphatic hydroxyl groups is 2. The average molecular weight is 348 g/mol. The molecule has 0 radical (unpaired) electrons. The minimum absolute atomic E-state index is 0.0532. The van der Waals surface area contributed by atoms with Crippen molar-refractivity contribution in [3.05, 3.63) is 58.7 Å². The first-order chi connectivity index (χ1) is 9.98. The Morgan fingerprint density at radius 3 is 2.00 bits per heavy atom. The van der Waals surface area contributed by atoms with Crippen LogP contribution in [-0.2, 0) is 25.8 Å². The molecule has 0 aliphatic heterocycles. The Morgan fingerprint density at radius 2 is 1.55 bits per heavy atom. The maximum Gasteiger partial charge on any atom is 0.295 e. The third-order valence-electron chi connectivity index (χ3n) is 3.20. The van der Waals surface area contributed by atoms with Crippen LogP contribution in [0.2, 0.25) is 0 Å². The van der Waals surface area contributed by atoms with Gasteiger partial charge >= 0.3 is 0 Å². The van der Waals surface area contributed by atoms with Crippen molar-refractivity contribution in [1.82, 2.24) is 0 Å². The van der Waals surface area contributed by atoms with Gasteiger partial charge in [0, 0.05) is 0 Å². The van der Waals surface area contributed by atoms with Crippen LogP contribution in [0, 0.1) is 0 Å². The molecule has 1 aromatic carbocycles. The second kappa shape index (κ2) is 5.18. The van der Waals surface area contributed by atoms with Gasteiger partial charge in [0.05, 0.1) is 0 Å². The van der Waals surface area contributed by atoms with Crippen molar-refractivity contribution in [3.63, 3.8) is 0 Å². The Balaban J connectivity index is 2.82. The summed E-state index contributed by atoms with van der Waals surface area (Å²) in [6, 6.07) is 7.07. The van der Waals surface area contributed by atoms with E-state index in [0.717, 1.165) is 12.2 Å². The monoisotopic (exact) mass is 348 g/mol. The zero-order chi connectivity index (χ0) is 16.8. The van der Waals surface area contributed by atoms with Crippen LogP contribution in [0.4, 0.5) is 0 Å². The fraction of sp³-hybridized carbons (Fsp3) is 0.167. The molecule has 2 unspecified atom stereocenters. The van der Waals surface area contributed by atoms with Gasteiger partial charge in [-0.25, -0.2) is 0 Å². The van der Waals surface area contributed by atoms with Gasteiger partial charge in [-0.15, -0.1) is 0 Å². The maximum absolute atomic E-state index is 11.6. The number of allylic oxidation sites excluding steroid dienone is 1. The molecule has 4 N–H and O–H groups in total. The molecule has 0 saturated carbocycles. The lowest BCUT2D eigenvalue weighted by Crippen LogP contribution is -2.47. The van der Waals surface area contributed by atoms with E-state index in [2.05, 4.69) is 0 Å². The van der Waals surface area contributed by atoms with Gasteiger partial charge in [0.1, 0.15) is 16.3 Å². The summed E-state index contributed by atoms with van der Waals surface area (Å²) < 4.78 is 64.5. The highest BCUT2D eigenvalue weighted by atomic mass is 32.2. The van der Waals surface area contributed by atoms with Crippen LogP contribution in [-0.4, -0.2) is 41.4 Å². The van der Waals surface area contributed by atoms with Crippen molar-refractivity contribution in [3.8, 4) is 0 Å². The number of benzene rings is 1. The number of hydrogen-bond acceptors (Lipinski definition) is 6. The summed E-state index contributed by atoms with van der Waals surface area (Å²) in [6.07, 6.45) is 1.56. The molecular formula is C12H12O8S2. The standard InChI is InChI=1S/C12H12O8S2/c13-9-6-7-12(14,8-4-2-1-3-5-8)11(22(18,19)20)10(9)21(15,16)17/h1-7,11,13-14H,(H,15,16,17)(H,18,19,20). The zero-order valence-electron chi connectivity index (χ0n) is 10.9. The quantitative estimate of drug-likeness (QED) is 0.572. The number of hydrogen-bond donors (Lipinski definition) is 4. The molecule has 0 amide bonds. The predicted octanol–water partition coefficient (Wildman–Crippen LogP) is 0.358. The molecule has 1 aliphatic carbocycles. The Labute approximate surface area is 126 Å². The van der Waals surface area contributed by atoms with Gasteiger partial charge in [0.25, 0.3) is 20.2 Å². The second-order valence-electron chi connectivity index (χ2n) is 4.64. The van der Waals surface area contributed by atoms with E-state index in [9.17, 15) is 31.6 Å². The zero-order valence-corrected chi connectivity index (χ0v) is 12.5. The van der Waals surface area contributed by atoms with Gasteiger partial charge in [-0.1, -0.05) is 30.3 Å². The van der Waals surface area contributed by atoms with Crippen molar-refractivity contribution in [1.29, 1.82) is 0 Å². The Morgan fingerprint density at radius 1 is 1.00 bits per heavy atom. The molecule has 0 fully saturated rings. The van der Waals surface area contributed by atoms with Gasteiger partial charge in [0.15, 0.2) is 5.25 Å². The van der Waals surface area contributed by atoms with Crippen molar-refractivity contribution in [2.24, 2.45) is 0 Å². The van der Waals surface area contributed by atoms with E-state index in [1.165, 1.54) is 24.3 Å². The van der Waals surface area contributed by atoms with Gasteiger partial charge in [-0.3, -0.25) is 9.11 Å². The van der Waals surface area contributed by atoms with E-state index < -0.39 is 41.8 Å². The molecule has 1 aromatic rings. The minimum atomic E-state index is -5.21. The Hall–Kier alpha value is -1.72. The van der Waals surface area contributed by atoms with Gasteiger partial charge < -0.3 is 10.2 Å². The molecule has 2 rings (SSSR count). The topological polar surface area (TPSA) is 149 Å². The molecule has 10 heteroatoms. The molecule has 0 heterocycles. The van der Waals surface area contributed by atoms with Crippen LogP contribution < -0.4 is 0 Å². The number of rotatable bonds is 3. The van der Waals surface area contributed by atoms with E-state index in [-0.39, 0.29) is 5.56 Å². The van der Waals surface area contributed by atoms with Crippen molar-refractivity contribution in [2.75, 3.05) is 0 Å². The molecule has 2 atom stereocenters. The van der Waals surface area contributed by atoms with Gasteiger partial charge in [-0.2, -0.15) is 16.8 Å². The summed E-state index contributed by atoms with van der Waals surface area (Å²) in [4.78, 5) is -1.40. The smallest absolute Gasteiger partial charge is 0.295 e. The molecule has 120 valence electrons. The first-order valence-electron chi connectivity index (χ1n) is 5.82. The van der Waals surface area contributed by atoms with Crippen LogP contribution in [0.5, 0.6) is 0 Å². The summed E-state index contributed by atoms with van der Waals surface area (Å²) in [7, 11) is -10.4. The highest BCUT2D eigenvalue weighted by molar-refractivity contribution is 7.93. The van der Waals surface area contributed by atoms with E-state index >= 15 is 0 Å². The van der Waals surface area contributed by atoms with Crippen molar-refractivity contribution < 1.29 is 36.2 Å². The first-order valence-corrected chi connectivity index (χ1v) is 8.76. The summed E-state index contributed by atoms with van der Waals surface area (Å²) >= 11 is 0. The third kappa shape index (κ3) is 2.78. The van der Waals surface area contributed by atoms with Gasteiger partial charge in [-0.05, 0) is 17.7 Å². The highest BCUT2D eigenvalue weighted by Crippen LogP contribution is 2.40. The van der Waals surface area contributed by atoms with E-state index in [0.29, 0.717) is 0 Å². The Kier molecular flexibility index (Phi) is 3.92. The third-order valence-corrected chi connectivity index (χ3v) is 5.54. The highest BCUT2D eigenvalue weighted by Gasteiger charge is 2.53. The maximum atomic E-state index is 11.6. The van der Waals surface area contributed by atoms with Crippen LogP contribution in [0.1, 0.15) is 5.56 Å². The first kappa shape index (κ1) is 16.6. The average Bonchev–Trinajstić information content (AvgIpc) is 2.39. The minimum Gasteiger partial charge on any atom is -0.507 e. The fourth-order valence-electron chi connectivity index (χ4n) is 2.29. The lowest BCUT2D eigenvalue weighted by molar-refractivity contribution is 0.0879. The second-order valence-corrected chi connectivity index (χ2v) is 7.54. The van der Waals surface area contributed by atoms with Gasteiger partial charge in [0.2, 0.25) is 0 Å². The number of aliphatic hydroxyl groups excluding tert-OH is 1. The van der Waals surface area contributed by atoms with Crippen LogP contribution >= 0.6 is 0 Å². The molecular weight excluding hydrogens is 336 g/mol. The lowest BCUT2D eigenvalue weighted by atomic mass is 9.86. The summed E-state index contributed by atoms with van der Waals surface area (Å²) in [5.74, 6) is -1.09. The molecule has 0 aromatic heterocycles. The molecule has 0 spiro atoms. The molecule has 0 bridgehead atoms. The summed E-state index contributed by atoms with van der Waals surface area (Å²) in [6.45, 7) is 0. The SMILES string of the molecule is O=S(=O)(O)C1=C(O)C=CC(O)(c2ccccc2)C1S(=O)(=O)O. The summed E-state index contributed by atoms with van der Waals surface area (Å²) in [5, 5.41) is 17.7. The van der Waals surface area contributed by atoms with E-state index in [1.807, 2.05) is 0 Å². The lowest BCUT2D eigenvalue weighted by Gasteiger charge is -2.34. The molecule has 8 nitrogen and oxygen atoms in total. The Bertz CT molecular complexity index is 852. The molecule has 0 saturated heterocycles. The van der Waals surface area contributed by atoms with Crippen LogP contribution in [0.15, 0.2) is 53.1 Å². The molecule has 1 aliphatic rings. The normalized spacial score (nSPS) is 26.2. The predicted molar refractivity (Wildman–Crippen MR) is 76.0 cm³/mol. The van der Waals surface area contributed by atoms with Crippen LogP contribution in [0.25, 0.3) is 0 Å². The van der Waals surface area contributed by atoms with Crippen molar-refractivity contribution in [2.45, 2.75) is 10.9 Å².